The molecule has 1 aromatic carbocycles. The number of benzene rings is 1. The van der Waals surface area contributed by atoms with E-state index in [-0.39, 0.29) is 4.90 Å². The van der Waals surface area contributed by atoms with Crippen LogP contribution in [0.15, 0.2) is 41.6 Å². The highest BCUT2D eigenvalue weighted by Gasteiger charge is 2.11. The van der Waals surface area contributed by atoms with Crippen LogP contribution in [0.4, 0.5) is 11.6 Å². The third-order valence-electron chi connectivity index (χ3n) is 3.59. The van der Waals surface area contributed by atoms with Crippen LogP contribution in [-0.2, 0) is 9.84 Å². The summed E-state index contributed by atoms with van der Waals surface area (Å²) in [5.74, 6) is 0.428. The first-order chi connectivity index (χ1) is 11.7. The first-order valence-corrected chi connectivity index (χ1v) is 9.64. The number of hydrogen-bond donors (Lipinski definition) is 1. The molecule has 7 nitrogen and oxygen atoms in total. The molecule has 2 aromatic heterocycles. The van der Waals surface area contributed by atoms with Gasteiger partial charge in [0, 0.05) is 6.26 Å². The Morgan fingerprint density at radius 1 is 1.12 bits per heavy atom. The number of hydrogen-bond acceptors (Lipinski definition) is 6. The highest BCUT2D eigenvalue weighted by atomic mass is 35.5. The molecule has 1 N–H and O–H groups in total. The molecule has 0 saturated heterocycles. The second kappa shape index (κ2) is 6.45. The van der Waals surface area contributed by atoms with Crippen molar-refractivity contribution in [3.05, 3.63) is 53.1 Å². The van der Waals surface area contributed by atoms with Crippen molar-refractivity contribution in [2.24, 2.45) is 0 Å². The Bertz CT molecular complexity index is 1030. The molecule has 0 aliphatic carbocycles. The summed E-state index contributed by atoms with van der Waals surface area (Å²) in [7, 11) is -3.22. The van der Waals surface area contributed by atoms with Gasteiger partial charge in [-0.05, 0) is 38.1 Å². The van der Waals surface area contributed by atoms with E-state index in [1.54, 1.807) is 42.1 Å². The zero-order chi connectivity index (χ0) is 18.2. The van der Waals surface area contributed by atoms with Crippen molar-refractivity contribution in [3.8, 4) is 5.69 Å². The third kappa shape index (κ3) is 3.80. The molecule has 0 amide bonds. The lowest BCUT2D eigenvalue weighted by molar-refractivity contribution is 0.602. The minimum Gasteiger partial charge on any atom is -0.321 e. The van der Waals surface area contributed by atoms with Gasteiger partial charge in [0.15, 0.2) is 9.84 Å². The summed E-state index contributed by atoms with van der Waals surface area (Å²) in [4.78, 5) is 8.68. The van der Waals surface area contributed by atoms with Crippen LogP contribution in [0, 0.1) is 13.8 Å². The maximum absolute atomic E-state index is 11.5. The van der Waals surface area contributed by atoms with Crippen LogP contribution in [0.5, 0.6) is 0 Å². The molecule has 0 bridgehead atoms. The van der Waals surface area contributed by atoms with Crippen molar-refractivity contribution >= 4 is 33.1 Å². The van der Waals surface area contributed by atoms with Crippen LogP contribution in [0.25, 0.3) is 5.69 Å². The van der Waals surface area contributed by atoms with Crippen molar-refractivity contribution in [2.75, 3.05) is 11.6 Å². The van der Waals surface area contributed by atoms with Gasteiger partial charge in [0.1, 0.15) is 0 Å². The highest BCUT2D eigenvalue weighted by molar-refractivity contribution is 7.90. The molecule has 9 heteroatoms. The average molecular weight is 378 g/mol. The van der Waals surface area contributed by atoms with Gasteiger partial charge < -0.3 is 5.32 Å². The van der Waals surface area contributed by atoms with Gasteiger partial charge in [0.05, 0.1) is 45.1 Å². The van der Waals surface area contributed by atoms with Crippen LogP contribution in [0.2, 0.25) is 5.02 Å². The minimum atomic E-state index is -3.22. The van der Waals surface area contributed by atoms with Crippen LogP contribution in [0.3, 0.4) is 0 Å². The molecule has 3 aromatic rings. The summed E-state index contributed by atoms with van der Waals surface area (Å²) in [6.45, 7) is 3.65. The average Bonchev–Trinajstić information content (AvgIpc) is 2.91. The van der Waals surface area contributed by atoms with E-state index in [0.29, 0.717) is 16.7 Å². The van der Waals surface area contributed by atoms with Gasteiger partial charge in [-0.1, -0.05) is 11.6 Å². The third-order valence-corrected chi connectivity index (χ3v) is 5.09. The molecule has 0 saturated carbocycles. The summed E-state index contributed by atoms with van der Waals surface area (Å²) in [6.07, 6.45) is 4.50. The number of rotatable bonds is 4. The fourth-order valence-electron chi connectivity index (χ4n) is 2.19. The van der Waals surface area contributed by atoms with Gasteiger partial charge in [-0.25, -0.2) is 23.1 Å². The van der Waals surface area contributed by atoms with Gasteiger partial charge >= 0.3 is 0 Å². The molecule has 2 heterocycles. The minimum absolute atomic E-state index is 0.267. The summed E-state index contributed by atoms with van der Waals surface area (Å²) < 4.78 is 24.7. The fraction of sp³-hybridized carbons (Fsp3) is 0.188. The number of aromatic nitrogens is 4. The lowest BCUT2D eigenvalue weighted by atomic mass is 10.3. The zero-order valence-electron chi connectivity index (χ0n) is 13.9. The lowest BCUT2D eigenvalue weighted by Crippen LogP contribution is -1.99. The van der Waals surface area contributed by atoms with Crippen LogP contribution in [-0.4, -0.2) is 34.4 Å². The predicted octanol–water partition coefficient (Wildman–Crippen LogP) is 3.08. The highest BCUT2D eigenvalue weighted by Crippen LogP contribution is 2.21. The van der Waals surface area contributed by atoms with Crippen LogP contribution in [0.1, 0.15) is 11.4 Å². The topological polar surface area (TPSA) is 89.8 Å². The van der Waals surface area contributed by atoms with Gasteiger partial charge in [-0.3, -0.25) is 0 Å². The van der Waals surface area contributed by atoms with E-state index in [0.717, 1.165) is 17.1 Å². The Labute approximate surface area is 150 Å². The predicted molar refractivity (Wildman–Crippen MR) is 96.5 cm³/mol. The molecular weight excluding hydrogens is 362 g/mol. The van der Waals surface area contributed by atoms with Crippen molar-refractivity contribution in [3.63, 3.8) is 0 Å². The molecule has 0 radical (unpaired) electrons. The Morgan fingerprint density at radius 2 is 1.80 bits per heavy atom. The van der Waals surface area contributed by atoms with Gasteiger partial charge in [-0.2, -0.15) is 5.10 Å². The second-order valence-corrected chi connectivity index (χ2v) is 8.01. The van der Waals surface area contributed by atoms with Crippen molar-refractivity contribution in [2.45, 2.75) is 18.7 Å². The Kier molecular flexibility index (Phi) is 4.49. The summed E-state index contributed by atoms with van der Waals surface area (Å²) >= 11 is 5.93. The van der Waals surface area contributed by atoms with E-state index in [1.165, 1.54) is 12.5 Å². The molecule has 0 spiro atoms. The number of anilines is 2. The molecule has 0 aliphatic heterocycles. The maximum Gasteiger partial charge on any atom is 0.227 e. The largest absolute Gasteiger partial charge is 0.321 e. The maximum atomic E-state index is 11.5. The Hall–Kier alpha value is -2.45. The number of sulfone groups is 1. The van der Waals surface area contributed by atoms with Crippen LogP contribution < -0.4 is 5.32 Å². The van der Waals surface area contributed by atoms with Crippen LogP contribution >= 0.6 is 11.6 Å². The molecular formula is C16H16ClN5O2S. The summed E-state index contributed by atoms with van der Waals surface area (Å²) in [5.41, 5.74) is 2.93. The van der Waals surface area contributed by atoms with E-state index in [1.807, 2.05) is 6.92 Å². The van der Waals surface area contributed by atoms with Crippen molar-refractivity contribution in [1.29, 1.82) is 0 Å². The van der Waals surface area contributed by atoms with Gasteiger partial charge in [0.2, 0.25) is 5.95 Å². The second-order valence-electron chi connectivity index (χ2n) is 5.59. The molecule has 0 aliphatic rings. The first-order valence-electron chi connectivity index (χ1n) is 7.37. The quantitative estimate of drug-likeness (QED) is 0.751. The number of halogens is 1. The normalized spacial score (nSPS) is 11.5. The molecule has 0 unspecified atom stereocenters. The molecule has 3 rings (SSSR count). The van der Waals surface area contributed by atoms with E-state index < -0.39 is 9.84 Å². The SMILES string of the molecule is Cc1nc(Nc2cn(-c3ccc(S(C)(=O)=O)cc3)nc2C)ncc1Cl. The lowest BCUT2D eigenvalue weighted by Gasteiger charge is -2.04. The first kappa shape index (κ1) is 17.4. The number of aryl methyl sites for hydroxylation is 2. The molecule has 0 atom stereocenters. The molecule has 25 heavy (non-hydrogen) atoms. The molecule has 130 valence electrons. The summed E-state index contributed by atoms with van der Waals surface area (Å²) in [6, 6.07) is 6.52. The van der Waals surface area contributed by atoms with E-state index >= 15 is 0 Å². The standard InChI is InChI=1S/C16H16ClN5O2S/c1-10-14(17)8-18-16(19-10)20-15-9-22(21-11(15)2)12-4-6-13(7-5-12)25(3,23)24/h4-9H,1-3H3,(H,18,19,20). The zero-order valence-corrected chi connectivity index (χ0v) is 15.4. The Balaban J connectivity index is 1.88. The molecule has 0 fully saturated rings. The number of nitrogens with zero attached hydrogens (tertiary/aromatic N) is 4. The summed E-state index contributed by atoms with van der Waals surface area (Å²) in [5, 5.41) is 8.04. The van der Waals surface area contributed by atoms with E-state index in [9.17, 15) is 8.42 Å². The fourth-order valence-corrected chi connectivity index (χ4v) is 2.92. The van der Waals surface area contributed by atoms with Gasteiger partial charge in [0.25, 0.3) is 0 Å². The smallest absolute Gasteiger partial charge is 0.227 e. The van der Waals surface area contributed by atoms with Crippen molar-refractivity contribution < 1.29 is 8.42 Å². The number of nitrogens with one attached hydrogen (secondary N) is 1. The van der Waals surface area contributed by atoms with E-state index in [4.69, 9.17) is 11.6 Å². The van der Waals surface area contributed by atoms with Crippen molar-refractivity contribution in [1.82, 2.24) is 19.7 Å². The van der Waals surface area contributed by atoms with E-state index in [2.05, 4.69) is 20.4 Å². The monoisotopic (exact) mass is 377 g/mol. The van der Waals surface area contributed by atoms with Gasteiger partial charge in [-0.15, -0.1) is 0 Å². The Morgan fingerprint density at radius 3 is 2.40 bits per heavy atom.